The van der Waals surface area contributed by atoms with Gasteiger partial charge in [-0.1, -0.05) is 46.8 Å². The average molecular weight is 436 g/mol. The predicted octanol–water partition coefficient (Wildman–Crippen LogP) is 4.85. The van der Waals surface area contributed by atoms with Gasteiger partial charge in [-0.15, -0.1) is 10.2 Å². The van der Waals surface area contributed by atoms with Gasteiger partial charge in [0.25, 0.3) is 0 Å². The number of nitrogens with one attached hydrogen (secondary N) is 2. The summed E-state index contributed by atoms with van der Waals surface area (Å²) in [5.74, 6) is 1.03. The van der Waals surface area contributed by atoms with E-state index in [1.165, 1.54) is 29.3 Å². The van der Waals surface area contributed by atoms with Gasteiger partial charge in [0.1, 0.15) is 11.6 Å². The largest absolute Gasteiger partial charge is 0.492 e. The van der Waals surface area contributed by atoms with Crippen molar-refractivity contribution in [1.82, 2.24) is 15.2 Å². The second-order valence-corrected chi connectivity index (χ2v) is 8.54. The van der Waals surface area contributed by atoms with Crippen LogP contribution >= 0.6 is 34.7 Å². The summed E-state index contributed by atoms with van der Waals surface area (Å²) in [7, 11) is 0. The first-order valence-corrected chi connectivity index (χ1v) is 10.5. The van der Waals surface area contributed by atoms with Gasteiger partial charge in [0, 0.05) is 6.20 Å². The highest BCUT2D eigenvalue weighted by atomic mass is 35.5. The topological polar surface area (TPSA) is 89.0 Å². The van der Waals surface area contributed by atoms with Gasteiger partial charge in [0.2, 0.25) is 11.0 Å². The van der Waals surface area contributed by atoms with E-state index in [0.717, 1.165) is 11.4 Å². The quantitative estimate of drug-likeness (QED) is 0.489. The molecular weight excluding hydrogens is 418 g/mol. The van der Waals surface area contributed by atoms with Crippen LogP contribution in [0.25, 0.3) is 0 Å². The van der Waals surface area contributed by atoms with Crippen molar-refractivity contribution in [1.29, 1.82) is 0 Å². The van der Waals surface area contributed by atoms with E-state index >= 15 is 0 Å². The van der Waals surface area contributed by atoms with Crippen molar-refractivity contribution in [2.24, 2.45) is 0 Å². The number of ether oxygens (including phenoxy) is 1. The first kappa shape index (κ1) is 20.4. The normalized spacial score (nSPS) is 11.7. The van der Waals surface area contributed by atoms with Gasteiger partial charge >= 0.3 is 0 Å². The molecule has 2 N–H and O–H groups in total. The van der Waals surface area contributed by atoms with Crippen LogP contribution < -0.4 is 15.4 Å². The number of halogens is 1. The Hall–Kier alpha value is -2.36. The first-order chi connectivity index (χ1) is 13.5. The fraction of sp³-hybridized carbons (Fsp3) is 0.222. The fourth-order valence-corrected chi connectivity index (χ4v) is 4.18. The van der Waals surface area contributed by atoms with Gasteiger partial charge in [-0.25, -0.2) is 4.98 Å². The van der Waals surface area contributed by atoms with Gasteiger partial charge in [-0.05, 0) is 38.1 Å². The van der Waals surface area contributed by atoms with E-state index in [2.05, 4.69) is 25.8 Å². The minimum atomic E-state index is -0.367. The number of benzene rings is 1. The molecule has 1 aromatic carbocycles. The SMILES string of the molecule is CCOc1ccccc1Nc1nnc(SC(C)C(=O)Nc2ccc(Cl)cn2)s1. The molecule has 0 radical (unpaired) electrons. The minimum absolute atomic E-state index is 0.175. The van der Waals surface area contributed by atoms with E-state index in [4.69, 9.17) is 16.3 Å². The van der Waals surface area contributed by atoms with Gasteiger partial charge in [0.15, 0.2) is 4.34 Å². The summed E-state index contributed by atoms with van der Waals surface area (Å²) in [5, 5.41) is 15.0. The molecule has 0 saturated carbocycles. The number of rotatable bonds is 8. The number of para-hydroxylation sites is 2. The van der Waals surface area contributed by atoms with E-state index in [1.807, 2.05) is 31.2 Å². The molecule has 0 aliphatic rings. The second kappa shape index (κ2) is 9.72. The van der Waals surface area contributed by atoms with Crippen LogP contribution in [0.1, 0.15) is 13.8 Å². The van der Waals surface area contributed by atoms with Gasteiger partial charge in [0.05, 0.1) is 22.6 Å². The maximum atomic E-state index is 12.3. The highest BCUT2D eigenvalue weighted by molar-refractivity contribution is 8.02. The molecule has 3 aromatic rings. The molecule has 28 heavy (non-hydrogen) atoms. The van der Waals surface area contributed by atoms with Crippen LogP contribution in [0.4, 0.5) is 16.6 Å². The zero-order chi connectivity index (χ0) is 19.9. The third-order valence-electron chi connectivity index (χ3n) is 3.46. The monoisotopic (exact) mass is 435 g/mol. The van der Waals surface area contributed by atoms with Crippen LogP contribution in [0.2, 0.25) is 5.02 Å². The first-order valence-electron chi connectivity index (χ1n) is 8.46. The van der Waals surface area contributed by atoms with Crippen LogP contribution in [0.15, 0.2) is 46.9 Å². The molecule has 0 saturated heterocycles. The standard InChI is InChI=1S/C18H18ClN5O2S2/c1-3-26-14-7-5-4-6-13(14)21-17-23-24-18(28-17)27-11(2)16(25)22-15-9-8-12(19)10-20-15/h4-11H,3H2,1-2H3,(H,21,23)(H,20,22,25). The second-order valence-electron chi connectivity index (χ2n) is 5.54. The Morgan fingerprint density at radius 3 is 2.86 bits per heavy atom. The molecule has 3 rings (SSSR count). The van der Waals surface area contributed by atoms with Crippen LogP contribution in [-0.4, -0.2) is 32.9 Å². The molecular formula is C18H18ClN5O2S2. The lowest BCUT2D eigenvalue weighted by atomic mass is 10.3. The van der Waals surface area contributed by atoms with Crippen molar-refractivity contribution >= 4 is 57.2 Å². The number of carbonyl (C=O) groups is 1. The predicted molar refractivity (Wildman–Crippen MR) is 114 cm³/mol. The smallest absolute Gasteiger partial charge is 0.238 e. The van der Waals surface area contributed by atoms with E-state index in [-0.39, 0.29) is 11.2 Å². The van der Waals surface area contributed by atoms with E-state index < -0.39 is 0 Å². The molecule has 0 spiro atoms. The zero-order valence-electron chi connectivity index (χ0n) is 15.2. The van der Waals surface area contributed by atoms with Crippen LogP contribution in [0.5, 0.6) is 5.75 Å². The van der Waals surface area contributed by atoms with Crippen LogP contribution in [-0.2, 0) is 4.79 Å². The number of hydrogen-bond acceptors (Lipinski definition) is 8. The minimum Gasteiger partial charge on any atom is -0.492 e. The molecule has 0 bridgehead atoms. The molecule has 10 heteroatoms. The van der Waals surface area contributed by atoms with E-state index in [9.17, 15) is 4.79 Å². The number of aromatic nitrogens is 3. The Labute approximate surface area is 175 Å². The van der Waals surface area contributed by atoms with Crippen molar-refractivity contribution < 1.29 is 9.53 Å². The molecule has 1 unspecified atom stereocenters. The number of anilines is 3. The molecule has 1 atom stereocenters. The highest BCUT2D eigenvalue weighted by Crippen LogP contribution is 2.33. The lowest BCUT2D eigenvalue weighted by molar-refractivity contribution is -0.115. The van der Waals surface area contributed by atoms with Gasteiger partial charge in [-0.3, -0.25) is 4.79 Å². The van der Waals surface area contributed by atoms with Gasteiger partial charge < -0.3 is 15.4 Å². The maximum Gasteiger partial charge on any atom is 0.238 e. The Kier molecular flexibility index (Phi) is 7.07. The number of pyridine rings is 1. The van der Waals surface area contributed by atoms with Gasteiger partial charge in [-0.2, -0.15) is 0 Å². The summed E-state index contributed by atoms with van der Waals surface area (Å²) in [5.41, 5.74) is 0.816. The molecule has 2 aromatic heterocycles. The van der Waals surface area contributed by atoms with Crippen LogP contribution in [0, 0.1) is 0 Å². The van der Waals surface area contributed by atoms with Crippen molar-refractivity contribution in [2.45, 2.75) is 23.4 Å². The molecule has 146 valence electrons. The Morgan fingerprint density at radius 1 is 1.29 bits per heavy atom. The fourth-order valence-electron chi connectivity index (χ4n) is 2.16. The van der Waals surface area contributed by atoms with Crippen molar-refractivity contribution in [3.63, 3.8) is 0 Å². The summed E-state index contributed by atoms with van der Waals surface area (Å²) in [6.45, 7) is 4.31. The molecule has 1 amide bonds. The average Bonchev–Trinajstić information content (AvgIpc) is 3.12. The molecule has 0 fully saturated rings. The Morgan fingerprint density at radius 2 is 2.11 bits per heavy atom. The summed E-state index contributed by atoms with van der Waals surface area (Å²) in [4.78, 5) is 16.4. The lowest BCUT2D eigenvalue weighted by Crippen LogP contribution is -2.22. The van der Waals surface area contributed by atoms with Crippen molar-refractivity contribution in [3.05, 3.63) is 47.6 Å². The Bertz CT molecular complexity index is 936. The molecule has 2 heterocycles. The third-order valence-corrected chi connectivity index (χ3v) is 5.71. The summed E-state index contributed by atoms with van der Waals surface area (Å²) >= 11 is 8.50. The summed E-state index contributed by atoms with van der Waals surface area (Å²) < 4.78 is 6.28. The van der Waals surface area contributed by atoms with Crippen molar-refractivity contribution in [3.8, 4) is 5.75 Å². The third kappa shape index (κ3) is 5.57. The number of amides is 1. The molecule has 7 nitrogen and oxygen atoms in total. The Balaban J connectivity index is 1.59. The maximum absolute atomic E-state index is 12.3. The molecule has 0 aliphatic heterocycles. The van der Waals surface area contributed by atoms with E-state index in [1.54, 1.807) is 19.1 Å². The van der Waals surface area contributed by atoms with E-state index in [0.29, 0.717) is 26.9 Å². The number of thioether (sulfide) groups is 1. The molecule has 0 aliphatic carbocycles. The zero-order valence-corrected chi connectivity index (χ0v) is 17.6. The van der Waals surface area contributed by atoms with Crippen molar-refractivity contribution in [2.75, 3.05) is 17.2 Å². The summed E-state index contributed by atoms with van der Waals surface area (Å²) in [6.07, 6.45) is 1.48. The number of hydrogen-bond donors (Lipinski definition) is 2. The number of nitrogens with zero attached hydrogens (tertiary/aromatic N) is 3. The highest BCUT2D eigenvalue weighted by Gasteiger charge is 2.18. The number of carbonyl (C=O) groups excluding carboxylic acids is 1. The summed E-state index contributed by atoms with van der Waals surface area (Å²) in [6, 6.07) is 10.9. The van der Waals surface area contributed by atoms with Crippen LogP contribution in [0.3, 0.4) is 0 Å². The lowest BCUT2D eigenvalue weighted by Gasteiger charge is -2.10.